The molecule has 110 valence electrons. The van der Waals surface area contributed by atoms with Crippen LogP contribution in [0.2, 0.25) is 0 Å². The number of furan rings is 1. The highest BCUT2D eigenvalue weighted by Crippen LogP contribution is 2.25. The molecule has 1 N–H and O–H groups in total. The Bertz CT molecular complexity index is 660. The number of benzene rings is 1. The van der Waals surface area contributed by atoms with Crippen molar-refractivity contribution in [2.75, 3.05) is 23.3 Å². The van der Waals surface area contributed by atoms with E-state index in [0.717, 1.165) is 31.6 Å². The predicted octanol–water partition coefficient (Wildman–Crippen LogP) is 3.58. The van der Waals surface area contributed by atoms with Crippen molar-refractivity contribution in [3.63, 3.8) is 0 Å². The van der Waals surface area contributed by atoms with E-state index in [1.165, 1.54) is 18.4 Å². The number of amides is 1. The molecule has 1 aromatic heterocycles. The lowest BCUT2D eigenvalue weighted by Crippen LogP contribution is -2.18. The number of nitrogens with one attached hydrogen (secondary N) is 1. The van der Waals surface area contributed by atoms with E-state index in [9.17, 15) is 9.18 Å². The second-order valence-electron chi connectivity index (χ2n) is 5.24. The Morgan fingerprint density at radius 1 is 1.29 bits per heavy atom. The summed E-state index contributed by atoms with van der Waals surface area (Å²) in [7, 11) is 0. The molecular weight excluding hydrogens is 271 g/mol. The van der Waals surface area contributed by atoms with Crippen molar-refractivity contribution < 1.29 is 13.6 Å². The molecule has 1 saturated heterocycles. The van der Waals surface area contributed by atoms with Gasteiger partial charge in [-0.1, -0.05) is 0 Å². The lowest BCUT2D eigenvalue weighted by atomic mass is 10.2. The van der Waals surface area contributed by atoms with E-state index in [-0.39, 0.29) is 11.7 Å². The molecule has 0 atom stereocenters. The molecule has 0 saturated carbocycles. The number of hydrogen-bond acceptors (Lipinski definition) is 3. The molecule has 0 bridgehead atoms. The summed E-state index contributed by atoms with van der Waals surface area (Å²) in [6, 6.07) is 6.24. The number of anilines is 2. The van der Waals surface area contributed by atoms with Crippen LogP contribution in [-0.2, 0) is 0 Å². The lowest BCUT2D eigenvalue weighted by molar-refractivity contribution is 0.102. The van der Waals surface area contributed by atoms with Gasteiger partial charge in [0.1, 0.15) is 11.6 Å². The quantitative estimate of drug-likeness (QED) is 0.939. The van der Waals surface area contributed by atoms with Crippen molar-refractivity contribution in [3.05, 3.63) is 47.7 Å². The first-order valence-corrected chi connectivity index (χ1v) is 7.04. The molecule has 1 amide bonds. The van der Waals surface area contributed by atoms with Gasteiger partial charge in [-0.25, -0.2) is 4.39 Å². The number of hydrogen-bond donors (Lipinski definition) is 1. The molecule has 2 heterocycles. The molecule has 3 rings (SSSR count). The Balaban J connectivity index is 1.82. The summed E-state index contributed by atoms with van der Waals surface area (Å²) >= 11 is 0. The van der Waals surface area contributed by atoms with E-state index in [0.29, 0.717) is 17.0 Å². The van der Waals surface area contributed by atoms with Crippen LogP contribution in [0.3, 0.4) is 0 Å². The molecule has 1 aromatic carbocycles. The number of aryl methyl sites for hydroxylation is 1. The van der Waals surface area contributed by atoms with Crippen molar-refractivity contribution >= 4 is 17.3 Å². The maximum atomic E-state index is 13.8. The van der Waals surface area contributed by atoms with Gasteiger partial charge < -0.3 is 14.6 Å². The fourth-order valence-corrected chi connectivity index (χ4v) is 2.62. The van der Waals surface area contributed by atoms with Crippen LogP contribution >= 0.6 is 0 Å². The van der Waals surface area contributed by atoms with Crippen molar-refractivity contribution in [2.24, 2.45) is 0 Å². The molecule has 2 aromatic rings. The maximum absolute atomic E-state index is 13.8. The summed E-state index contributed by atoms with van der Waals surface area (Å²) in [5, 5.41) is 2.72. The normalized spacial score (nSPS) is 14.5. The summed E-state index contributed by atoms with van der Waals surface area (Å²) in [4.78, 5) is 14.3. The van der Waals surface area contributed by atoms with Gasteiger partial charge in [0, 0.05) is 24.5 Å². The van der Waals surface area contributed by atoms with Crippen molar-refractivity contribution in [1.29, 1.82) is 0 Å². The molecule has 1 aliphatic rings. The third-order valence-corrected chi connectivity index (χ3v) is 3.72. The van der Waals surface area contributed by atoms with Gasteiger partial charge in [0.25, 0.3) is 5.91 Å². The van der Waals surface area contributed by atoms with E-state index >= 15 is 0 Å². The van der Waals surface area contributed by atoms with E-state index in [4.69, 9.17) is 4.42 Å². The van der Waals surface area contributed by atoms with Gasteiger partial charge >= 0.3 is 0 Å². The van der Waals surface area contributed by atoms with Crippen LogP contribution < -0.4 is 10.2 Å². The van der Waals surface area contributed by atoms with E-state index in [1.54, 1.807) is 13.0 Å². The average molecular weight is 288 g/mol. The molecule has 21 heavy (non-hydrogen) atoms. The van der Waals surface area contributed by atoms with Gasteiger partial charge in [0.05, 0.1) is 11.8 Å². The largest absolute Gasteiger partial charge is 0.469 e. The van der Waals surface area contributed by atoms with Crippen molar-refractivity contribution in [3.8, 4) is 0 Å². The summed E-state index contributed by atoms with van der Waals surface area (Å²) in [5.41, 5.74) is 1.73. The Kier molecular flexibility index (Phi) is 3.64. The summed E-state index contributed by atoms with van der Waals surface area (Å²) in [6.45, 7) is 3.57. The summed E-state index contributed by atoms with van der Waals surface area (Å²) in [5.74, 6) is -0.0958. The number of nitrogens with zero attached hydrogens (tertiary/aromatic N) is 1. The number of rotatable bonds is 3. The molecule has 0 radical (unpaired) electrons. The van der Waals surface area contributed by atoms with E-state index in [2.05, 4.69) is 10.2 Å². The SMILES string of the molecule is Cc1occc1C(=O)Nc1cc(F)cc(N2CCCC2)c1. The van der Waals surface area contributed by atoms with Crippen LogP contribution in [0.15, 0.2) is 34.9 Å². The standard InChI is InChI=1S/C16H17FN2O2/c1-11-15(4-7-21-11)16(20)18-13-8-12(17)9-14(10-13)19-5-2-3-6-19/h4,7-10H,2-3,5-6H2,1H3,(H,18,20). The maximum Gasteiger partial charge on any atom is 0.259 e. The van der Waals surface area contributed by atoms with E-state index < -0.39 is 0 Å². The second kappa shape index (κ2) is 5.60. The Hall–Kier alpha value is -2.30. The highest BCUT2D eigenvalue weighted by atomic mass is 19.1. The minimum atomic E-state index is -0.349. The fraction of sp³-hybridized carbons (Fsp3) is 0.312. The minimum absolute atomic E-state index is 0.292. The first-order chi connectivity index (χ1) is 10.1. The molecule has 1 fully saturated rings. The third-order valence-electron chi connectivity index (χ3n) is 3.72. The number of halogens is 1. The van der Waals surface area contributed by atoms with Gasteiger partial charge in [-0.3, -0.25) is 4.79 Å². The highest BCUT2D eigenvalue weighted by Gasteiger charge is 2.16. The number of carbonyl (C=O) groups is 1. The molecule has 0 aliphatic carbocycles. The Labute approximate surface area is 122 Å². The first kappa shape index (κ1) is 13.7. The van der Waals surface area contributed by atoms with E-state index in [1.807, 2.05) is 6.07 Å². The van der Waals surface area contributed by atoms with Gasteiger partial charge in [0.15, 0.2) is 0 Å². The molecule has 0 spiro atoms. The fourth-order valence-electron chi connectivity index (χ4n) is 2.62. The van der Waals surface area contributed by atoms with Gasteiger partial charge in [-0.15, -0.1) is 0 Å². The Morgan fingerprint density at radius 2 is 2.05 bits per heavy atom. The number of carbonyl (C=O) groups excluding carboxylic acids is 1. The molecular formula is C16H17FN2O2. The van der Waals surface area contributed by atoms with Crippen molar-refractivity contribution in [2.45, 2.75) is 19.8 Å². The van der Waals surface area contributed by atoms with Gasteiger partial charge in [-0.2, -0.15) is 0 Å². The predicted molar refractivity (Wildman–Crippen MR) is 79.2 cm³/mol. The molecule has 0 unspecified atom stereocenters. The second-order valence-corrected chi connectivity index (χ2v) is 5.24. The monoisotopic (exact) mass is 288 g/mol. The zero-order valence-corrected chi connectivity index (χ0v) is 11.9. The van der Waals surface area contributed by atoms with Crippen LogP contribution in [0.25, 0.3) is 0 Å². The molecule has 4 nitrogen and oxygen atoms in total. The van der Waals surface area contributed by atoms with Gasteiger partial charge in [0.2, 0.25) is 0 Å². The smallest absolute Gasteiger partial charge is 0.259 e. The minimum Gasteiger partial charge on any atom is -0.469 e. The first-order valence-electron chi connectivity index (χ1n) is 7.04. The zero-order chi connectivity index (χ0) is 14.8. The molecule has 5 heteroatoms. The average Bonchev–Trinajstić information content (AvgIpc) is 3.08. The molecule has 1 aliphatic heterocycles. The van der Waals surface area contributed by atoms with Crippen LogP contribution in [0.1, 0.15) is 29.0 Å². The Morgan fingerprint density at radius 3 is 2.71 bits per heavy atom. The van der Waals surface area contributed by atoms with Crippen LogP contribution in [0.4, 0.5) is 15.8 Å². The van der Waals surface area contributed by atoms with Gasteiger partial charge in [-0.05, 0) is 44.0 Å². The summed E-state index contributed by atoms with van der Waals surface area (Å²) in [6.07, 6.45) is 3.70. The third kappa shape index (κ3) is 2.91. The topological polar surface area (TPSA) is 45.5 Å². The van der Waals surface area contributed by atoms with Crippen LogP contribution in [0, 0.1) is 12.7 Å². The zero-order valence-electron chi connectivity index (χ0n) is 11.9. The van der Waals surface area contributed by atoms with Crippen molar-refractivity contribution in [1.82, 2.24) is 0 Å². The van der Waals surface area contributed by atoms with Crippen LogP contribution in [-0.4, -0.2) is 19.0 Å². The highest BCUT2D eigenvalue weighted by molar-refractivity contribution is 6.05. The lowest BCUT2D eigenvalue weighted by Gasteiger charge is -2.18. The van der Waals surface area contributed by atoms with Crippen LogP contribution in [0.5, 0.6) is 0 Å². The summed E-state index contributed by atoms with van der Waals surface area (Å²) < 4.78 is 18.9.